The van der Waals surface area contributed by atoms with Gasteiger partial charge in [0.2, 0.25) is 0 Å². The van der Waals surface area contributed by atoms with Crippen LogP contribution in [0.2, 0.25) is 10.0 Å². The van der Waals surface area contributed by atoms with Crippen molar-refractivity contribution >= 4 is 40.7 Å². The van der Waals surface area contributed by atoms with E-state index >= 15 is 0 Å². The lowest BCUT2D eigenvalue weighted by Gasteiger charge is -1.99. The van der Waals surface area contributed by atoms with E-state index in [0.717, 1.165) is 0 Å². The first kappa shape index (κ1) is 7.99. The summed E-state index contributed by atoms with van der Waals surface area (Å²) >= 11 is 16.6. The molecule has 1 aromatic carbocycles. The summed E-state index contributed by atoms with van der Waals surface area (Å²) < 4.78 is 0. The molecule has 0 radical (unpaired) electrons. The highest BCUT2D eigenvalue weighted by Gasteiger charge is 1.97. The lowest BCUT2D eigenvalue weighted by molar-refractivity contribution is 1.67. The van der Waals surface area contributed by atoms with E-state index in [1.54, 1.807) is 18.2 Å². The molecule has 0 saturated heterocycles. The second kappa shape index (κ2) is 3.33. The van der Waals surface area contributed by atoms with E-state index in [2.05, 4.69) is 4.84 Å². The van der Waals surface area contributed by atoms with E-state index in [1.165, 1.54) is 0 Å². The topological polar surface area (TPSA) is 12.0 Å². The summed E-state index contributed by atoms with van der Waals surface area (Å²) in [5.41, 5.74) is 0.660. The first-order valence-corrected chi connectivity index (χ1v) is 3.69. The highest BCUT2D eigenvalue weighted by Crippen LogP contribution is 2.25. The Morgan fingerprint density at radius 2 is 1.90 bits per heavy atom. The van der Waals surface area contributed by atoms with Crippen LogP contribution in [0.4, 0.5) is 5.69 Å². The number of hydrogen-bond acceptors (Lipinski definition) is 1. The third kappa shape index (κ3) is 1.69. The fraction of sp³-hybridized carbons (Fsp3) is 0. The molecule has 10 heavy (non-hydrogen) atoms. The largest absolute Gasteiger partial charge is 0.297 e. The molecule has 0 heterocycles. The van der Waals surface area contributed by atoms with E-state index in [0.29, 0.717) is 15.7 Å². The van der Waals surface area contributed by atoms with Gasteiger partial charge in [-0.2, -0.15) is 0 Å². The monoisotopic (exact) mass is 195 g/mol. The molecular weight excluding hydrogens is 192 g/mol. The lowest BCUT2D eigenvalue weighted by Crippen LogP contribution is -1.80. The van der Waals surface area contributed by atoms with Crippen LogP contribution in [0.25, 0.3) is 0 Å². The molecule has 1 nitrogen and oxygen atoms in total. The Bertz CT molecular complexity index is 236. The third-order valence-corrected chi connectivity index (χ3v) is 1.78. The molecule has 1 rings (SSSR count). The Kier molecular flexibility index (Phi) is 2.66. The Morgan fingerprint density at radius 1 is 1.20 bits per heavy atom. The maximum absolute atomic E-state index is 5.70. The summed E-state index contributed by atoms with van der Waals surface area (Å²) in [4.78, 5) is 2.40. The lowest BCUT2D eigenvalue weighted by atomic mass is 10.3. The van der Waals surface area contributed by atoms with Crippen LogP contribution in [0.5, 0.6) is 0 Å². The Hall–Kier alpha value is -0.110. The molecule has 4 heteroatoms. The quantitative estimate of drug-likeness (QED) is 0.677. The number of rotatable bonds is 1. The first-order valence-electron chi connectivity index (χ1n) is 2.55. The molecule has 0 fully saturated rings. The average Bonchev–Trinajstić information content (AvgIpc) is 1.88. The number of halogens is 3. The number of anilines is 1. The zero-order chi connectivity index (χ0) is 7.56. The first-order chi connectivity index (χ1) is 4.74. The summed E-state index contributed by atoms with van der Waals surface area (Å²) in [7, 11) is 0. The molecule has 0 atom stereocenters. The van der Waals surface area contributed by atoms with Crippen LogP contribution in [-0.4, -0.2) is 0 Å². The molecule has 0 amide bonds. The van der Waals surface area contributed by atoms with Crippen molar-refractivity contribution in [2.45, 2.75) is 0 Å². The summed E-state index contributed by atoms with van der Waals surface area (Å²) in [6.07, 6.45) is 0. The van der Waals surface area contributed by atoms with Crippen LogP contribution in [-0.2, 0) is 0 Å². The second-order valence-electron chi connectivity index (χ2n) is 1.72. The molecule has 0 aliphatic heterocycles. The molecule has 1 N–H and O–H groups in total. The number of benzene rings is 1. The molecule has 0 aliphatic carbocycles. The van der Waals surface area contributed by atoms with Crippen molar-refractivity contribution in [1.82, 2.24) is 0 Å². The van der Waals surface area contributed by atoms with Gasteiger partial charge in [-0.3, -0.25) is 4.84 Å². The molecule has 0 saturated carbocycles. The van der Waals surface area contributed by atoms with Crippen LogP contribution in [0.15, 0.2) is 18.2 Å². The van der Waals surface area contributed by atoms with Gasteiger partial charge in [-0.1, -0.05) is 23.2 Å². The Balaban J connectivity index is 3.07. The highest BCUT2D eigenvalue weighted by atomic mass is 35.5. The highest BCUT2D eigenvalue weighted by molar-refractivity contribution is 6.37. The van der Waals surface area contributed by atoms with Crippen LogP contribution >= 0.6 is 35.0 Å². The fourth-order valence-corrected chi connectivity index (χ4v) is 1.24. The van der Waals surface area contributed by atoms with Crippen molar-refractivity contribution in [3.05, 3.63) is 28.2 Å². The normalized spacial score (nSPS) is 9.50. The van der Waals surface area contributed by atoms with Gasteiger partial charge in [0, 0.05) is 16.8 Å². The molecular formula is C6H4Cl3N. The van der Waals surface area contributed by atoms with Crippen molar-refractivity contribution in [3.8, 4) is 0 Å². The molecule has 0 bridgehead atoms. The minimum Gasteiger partial charge on any atom is -0.297 e. The van der Waals surface area contributed by atoms with Gasteiger partial charge in [-0.25, -0.2) is 0 Å². The van der Waals surface area contributed by atoms with E-state index < -0.39 is 0 Å². The molecule has 0 spiro atoms. The zero-order valence-corrected chi connectivity index (χ0v) is 7.13. The van der Waals surface area contributed by atoms with Crippen LogP contribution in [0, 0.1) is 0 Å². The van der Waals surface area contributed by atoms with Gasteiger partial charge in [0.05, 0.1) is 10.7 Å². The minimum absolute atomic E-state index is 0.516. The average molecular weight is 196 g/mol. The van der Waals surface area contributed by atoms with Gasteiger partial charge in [0.25, 0.3) is 0 Å². The smallest absolute Gasteiger partial charge is 0.0679 e. The van der Waals surface area contributed by atoms with Crippen molar-refractivity contribution in [2.75, 3.05) is 4.84 Å². The standard InChI is InChI=1S/C6H4Cl3N/c7-4-1-2-6(10-9)5(8)3-4/h1-3,10H. The zero-order valence-electron chi connectivity index (χ0n) is 4.87. The SMILES string of the molecule is ClNc1ccc(Cl)cc1Cl. The van der Waals surface area contributed by atoms with Crippen LogP contribution in [0.1, 0.15) is 0 Å². The molecule has 0 aromatic heterocycles. The van der Waals surface area contributed by atoms with Gasteiger partial charge in [-0.15, -0.1) is 0 Å². The van der Waals surface area contributed by atoms with Crippen LogP contribution < -0.4 is 4.84 Å². The van der Waals surface area contributed by atoms with Gasteiger partial charge < -0.3 is 0 Å². The fourth-order valence-electron chi connectivity index (χ4n) is 0.566. The third-order valence-electron chi connectivity index (χ3n) is 1.03. The Morgan fingerprint density at radius 3 is 2.40 bits per heavy atom. The summed E-state index contributed by atoms with van der Waals surface area (Å²) in [6.45, 7) is 0. The number of nitrogens with one attached hydrogen (secondary N) is 1. The summed E-state index contributed by atoms with van der Waals surface area (Å²) in [6, 6.07) is 5.03. The molecule has 1 aromatic rings. The molecule has 54 valence electrons. The predicted molar refractivity (Wildman–Crippen MR) is 45.9 cm³/mol. The van der Waals surface area contributed by atoms with E-state index in [4.69, 9.17) is 35.0 Å². The van der Waals surface area contributed by atoms with E-state index in [9.17, 15) is 0 Å². The van der Waals surface area contributed by atoms with Crippen molar-refractivity contribution in [3.63, 3.8) is 0 Å². The van der Waals surface area contributed by atoms with Crippen molar-refractivity contribution in [2.24, 2.45) is 0 Å². The van der Waals surface area contributed by atoms with E-state index in [-0.39, 0.29) is 0 Å². The van der Waals surface area contributed by atoms with Gasteiger partial charge in [0.15, 0.2) is 0 Å². The summed E-state index contributed by atoms with van der Waals surface area (Å²) in [5, 5.41) is 1.11. The molecule has 0 aliphatic rings. The van der Waals surface area contributed by atoms with Crippen molar-refractivity contribution in [1.29, 1.82) is 0 Å². The van der Waals surface area contributed by atoms with Crippen molar-refractivity contribution < 1.29 is 0 Å². The molecule has 0 unspecified atom stereocenters. The summed E-state index contributed by atoms with van der Waals surface area (Å²) in [5.74, 6) is 0. The van der Waals surface area contributed by atoms with Gasteiger partial charge >= 0.3 is 0 Å². The second-order valence-corrected chi connectivity index (χ2v) is 2.75. The number of hydrogen-bond donors (Lipinski definition) is 1. The van der Waals surface area contributed by atoms with E-state index in [1.807, 2.05) is 0 Å². The maximum Gasteiger partial charge on any atom is 0.0679 e. The minimum atomic E-state index is 0.516. The van der Waals surface area contributed by atoms with Gasteiger partial charge in [0.1, 0.15) is 0 Å². The predicted octanol–water partition coefficient (Wildman–Crippen LogP) is 3.56. The van der Waals surface area contributed by atoms with Gasteiger partial charge in [-0.05, 0) is 18.2 Å². The Labute approximate surface area is 74.0 Å². The van der Waals surface area contributed by atoms with Crippen LogP contribution in [0.3, 0.4) is 0 Å². The maximum atomic E-state index is 5.70.